The Balaban J connectivity index is 2.20. The molecule has 8 heteroatoms. The fourth-order valence-corrected chi connectivity index (χ4v) is 2.41. The smallest absolute Gasteiger partial charge is 0.361 e. The van der Waals surface area contributed by atoms with Crippen LogP contribution in [-0.2, 0) is 11.3 Å². The zero-order chi connectivity index (χ0) is 15.9. The molecular weight excluding hydrogens is 295 g/mol. The minimum atomic E-state index is -1.26. The van der Waals surface area contributed by atoms with Crippen LogP contribution in [0.4, 0.5) is 8.78 Å². The number of rotatable bonds is 2. The van der Waals surface area contributed by atoms with Gasteiger partial charge in [-0.05, 0) is 18.2 Å². The van der Waals surface area contributed by atoms with Gasteiger partial charge in [0.05, 0.1) is 23.5 Å². The van der Waals surface area contributed by atoms with E-state index in [1.807, 2.05) is 0 Å². The second kappa shape index (κ2) is 5.21. The molecule has 0 aliphatic carbocycles. The summed E-state index contributed by atoms with van der Waals surface area (Å²) in [4.78, 5) is 29.3. The molecule has 0 bridgehead atoms. The van der Waals surface area contributed by atoms with Gasteiger partial charge in [-0.1, -0.05) is 0 Å². The Hall–Kier alpha value is -2.77. The van der Waals surface area contributed by atoms with Crippen molar-refractivity contribution in [1.29, 1.82) is 0 Å². The van der Waals surface area contributed by atoms with Crippen LogP contribution in [-0.4, -0.2) is 40.2 Å². The number of amides is 1. The molecule has 0 saturated heterocycles. The number of imidazole rings is 1. The van der Waals surface area contributed by atoms with E-state index in [9.17, 15) is 18.4 Å². The molecule has 2 heterocycles. The molecule has 0 saturated carbocycles. The SMILES string of the molecule is CN1Cc2c(C(=O)OC[18F])ncn2-c2ccc(F)cc2C1=O. The number of hydrogen-bond acceptors (Lipinski definition) is 4. The van der Waals surface area contributed by atoms with Crippen LogP contribution in [0.15, 0.2) is 24.5 Å². The van der Waals surface area contributed by atoms with E-state index in [0.29, 0.717) is 11.4 Å². The van der Waals surface area contributed by atoms with Crippen molar-refractivity contribution >= 4 is 11.9 Å². The third-order valence-corrected chi connectivity index (χ3v) is 3.43. The summed E-state index contributed by atoms with van der Waals surface area (Å²) in [5.74, 6) is -1.84. The fourth-order valence-electron chi connectivity index (χ4n) is 2.41. The Morgan fingerprint density at radius 1 is 1.45 bits per heavy atom. The molecule has 6 nitrogen and oxygen atoms in total. The molecule has 1 amide bonds. The second-order valence-electron chi connectivity index (χ2n) is 4.77. The molecule has 0 radical (unpaired) electrons. The monoisotopic (exact) mass is 306 g/mol. The van der Waals surface area contributed by atoms with E-state index in [4.69, 9.17) is 0 Å². The second-order valence-corrected chi connectivity index (χ2v) is 4.77. The zero-order valence-corrected chi connectivity index (χ0v) is 11.5. The van der Waals surface area contributed by atoms with Gasteiger partial charge in [-0.2, -0.15) is 0 Å². The van der Waals surface area contributed by atoms with E-state index < -0.39 is 18.6 Å². The van der Waals surface area contributed by atoms with Crippen molar-refractivity contribution in [3.63, 3.8) is 0 Å². The van der Waals surface area contributed by atoms with Gasteiger partial charge in [-0.25, -0.2) is 18.6 Å². The van der Waals surface area contributed by atoms with Gasteiger partial charge in [0, 0.05) is 7.05 Å². The van der Waals surface area contributed by atoms with Crippen LogP contribution < -0.4 is 0 Å². The first-order chi connectivity index (χ1) is 10.5. The topological polar surface area (TPSA) is 64.4 Å². The third-order valence-electron chi connectivity index (χ3n) is 3.43. The standard InChI is InChI=1S/C14H11F2N3O3/c1-18-5-11-12(14(21)22-6-15)17-7-19(11)10-3-2-8(16)4-9(10)13(18)20/h2-4,7H,5-6H2,1H3/i15-1. The Bertz CT molecular complexity index is 773. The summed E-state index contributed by atoms with van der Waals surface area (Å²) in [7, 11) is 1.52. The highest BCUT2D eigenvalue weighted by molar-refractivity contribution is 5.99. The van der Waals surface area contributed by atoms with Gasteiger partial charge < -0.3 is 9.64 Å². The van der Waals surface area contributed by atoms with Crippen molar-refractivity contribution < 1.29 is 23.1 Å². The molecule has 1 aromatic carbocycles. The van der Waals surface area contributed by atoms with Crippen molar-refractivity contribution in [2.45, 2.75) is 6.54 Å². The molecule has 2 aromatic rings. The average molecular weight is 306 g/mol. The van der Waals surface area contributed by atoms with Gasteiger partial charge in [-0.15, -0.1) is 0 Å². The number of aromatic nitrogens is 2. The zero-order valence-electron chi connectivity index (χ0n) is 11.5. The van der Waals surface area contributed by atoms with Crippen LogP contribution in [0.5, 0.6) is 0 Å². The van der Waals surface area contributed by atoms with Gasteiger partial charge in [-0.3, -0.25) is 9.36 Å². The van der Waals surface area contributed by atoms with Gasteiger partial charge in [0.15, 0.2) is 5.69 Å². The molecule has 0 fully saturated rings. The lowest BCUT2D eigenvalue weighted by Crippen LogP contribution is -2.26. The summed E-state index contributed by atoms with van der Waals surface area (Å²) in [6, 6.07) is 3.76. The van der Waals surface area contributed by atoms with Gasteiger partial charge in [0.1, 0.15) is 12.1 Å². The summed E-state index contributed by atoms with van der Waals surface area (Å²) >= 11 is 0. The molecule has 1 aliphatic heterocycles. The van der Waals surface area contributed by atoms with Crippen molar-refractivity contribution in [2.75, 3.05) is 13.9 Å². The molecular formula is C14H11F2N3O3. The lowest BCUT2D eigenvalue weighted by atomic mass is 10.1. The van der Waals surface area contributed by atoms with E-state index >= 15 is 0 Å². The van der Waals surface area contributed by atoms with E-state index in [0.717, 1.165) is 6.07 Å². The minimum absolute atomic E-state index is 0.0614. The quantitative estimate of drug-likeness (QED) is 0.792. The summed E-state index contributed by atoms with van der Waals surface area (Å²) in [6.45, 7) is -1.20. The number of carbonyl (C=O) groups excluding carboxylic acids is 2. The van der Waals surface area contributed by atoms with E-state index in [2.05, 4.69) is 9.72 Å². The van der Waals surface area contributed by atoms with Crippen LogP contribution in [0.2, 0.25) is 0 Å². The lowest BCUT2D eigenvalue weighted by Gasteiger charge is -2.14. The van der Waals surface area contributed by atoms with Crippen molar-refractivity contribution in [2.24, 2.45) is 0 Å². The molecule has 0 spiro atoms. The maximum atomic E-state index is 13.4. The molecule has 114 valence electrons. The van der Waals surface area contributed by atoms with E-state index in [-0.39, 0.29) is 23.7 Å². The van der Waals surface area contributed by atoms with Crippen LogP contribution in [0.25, 0.3) is 5.69 Å². The number of esters is 1. The average Bonchev–Trinajstić information content (AvgIpc) is 2.86. The number of fused-ring (bicyclic) bond motifs is 3. The summed E-state index contributed by atoms with van der Waals surface area (Å²) in [5.41, 5.74) is 0.857. The molecule has 1 aromatic heterocycles. The number of ether oxygens (including phenoxy) is 1. The maximum Gasteiger partial charge on any atom is 0.361 e. The van der Waals surface area contributed by atoms with Crippen molar-refractivity contribution in [3.8, 4) is 5.69 Å². The number of nitrogens with zero attached hydrogens (tertiary/aromatic N) is 3. The summed E-state index contributed by atoms with van der Waals surface area (Å²) in [6.07, 6.45) is 1.33. The molecule has 3 rings (SSSR count). The Morgan fingerprint density at radius 3 is 2.95 bits per heavy atom. The van der Waals surface area contributed by atoms with E-state index in [1.54, 1.807) is 0 Å². The number of alkyl halides is 1. The third kappa shape index (κ3) is 2.12. The van der Waals surface area contributed by atoms with Crippen LogP contribution in [0.3, 0.4) is 0 Å². The Kier molecular flexibility index (Phi) is 3.36. The van der Waals surface area contributed by atoms with E-state index in [1.165, 1.54) is 35.0 Å². The Labute approximate surface area is 123 Å². The van der Waals surface area contributed by atoms with Crippen molar-refractivity contribution in [3.05, 3.63) is 47.3 Å². The predicted octanol–water partition coefficient (Wildman–Crippen LogP) is 1.68. The number of carbonyl (C=O) groups is 2. The highest BCUT2D eigenvalue weighted by Gasteiger charge is 2.29. The predicted molar refractivity (Wildman–Crippen MR) is 70.7 cm³/mol. The van der Waals surface area contributed by atoms with Crippen molar-refractivity contribution in [1.82, 2.24) is 14.5 Å². The first-order valence-electron chi connectivity index (χ1n) is 6.37. The summed E-state index contributed by atoms with van der Waals surface area (Å²) in [5, 5.41) is 0. The molecule has 0 N–H and O–H groups in total. The summed E-state index contributed by atoms with van der Waals surface area (Å²) < 4.78 is 31.4. The van der Waals surface area contributed by atoms with Gasteiger partial charge in [0.25, 0.3) is 5.91 Å². The molecule has 0 atom stereocenters. The first kappa shape index (κ1) is 14.2. The Morgan fingerprint density at radius 2 is 2.23 bits per heavy atom. The molecule has 1 aliphatic rings. The first-order valence-corrected chi connectivity index (χ1v) is 6.37. The molecule has 22 heavy (non-hydrogen) atoms. The number of hydrogen-bond donors (Lipinski definition) is 0. The highest BCUT2D eigenvalue weighted by Crippen LogP contribution is 2.26. The van der Waals surface area contributed by atoms with Gasteiger partial charge >= 0.3 is 5.97 Å². The van der Waals surface area contributed by atoms with Crippen LogP contribution in [0.1, 0.15) is 26.5 Å². The van der Waals surface area contributed by atoms with Crippen LogP contribution in [0, 0.1) is 5.82 Å². The highest BCUT2D eigenvalue weighted by atomic mass is 19.1. The minimum Gasteiger partial charge on any atom is -0.429 e. The number of halogens is 2. The fraction of sp³-hybridized carbons (Fsp3) is 0.214. The number of benzene rings is 1. The normalized spacial score (nSPS) is 13.4. The molecule has 0 unspecified atom stereocenters. The lowest BCUT2D eigenvalue weighted by molar-refractivity contribution is 0.0314. The van der Waals surface area contributed by atoms with Crippen LogP contribution >= 0.6 is 0 Å². The van der Waals surface area contributed by atoms with Gasteiger partial charge in [0.2, 0.25) is 6.86 Å². The largest absolute Gasteiger partial charge is 0.429 e. The maximum absolute atomic E-state index is 13.4.